The van der Waals surface area contributed by atoms with Gasteiger partial charge >= 0.3 is 0 Å². The molecule has 17 heavy (non-hydrogen) atoms. The lowest BCUT2D eigenvalue weighted by molar-refractivity contribution is 1.61. The fraction of sp³-hybridized carbons (Fsp3) is 0. The average Bonchev–Trinajstić information content (AvgIpc) is 2.28. The predicted octanol–water partition coefficient (Wildman–Crippen LogP) is 3.98. The minimum atomic E-state index is 0.550. The molecule has 0 fully saturated rings. The third-order valence-corrected chi connectivity index (χ3v) is 2.71. The number of halogens is 2. The summed E-state index contributed by atoms with van der Waals surface area (Å²) in [5.74, 6) is 5.99. The van der Waals surface area contributed by atoms with Gasteiger partial charge in [-0.2, -0.15) is 0 Å². The third kappa shape index (κ3) is 3.17. The van der Waals surface area contributed by atoms with E-state index in [9.17, 15) is 0 Å². The number of nitrogen functional groups attached to an aromatic ring is 1. The summed E-state index contributed by atoms with van der Waals surface area (Å²) < 4.78 is 0. The van der Waals surface area contributed by atoms with Crippen molar-refractivity contribution in [1.82, 2.24) is 0 Å². The van der Waals surface area contributed by atoms with Gasteiger partial charge in [-0.1, -0.05) is 41.1 Å². The van der Waals surface area contributed by atoms with Crippen LogP contribution in [0.25, 0.3) is 0 Å². The Morgan fingerprint density at radius 2 is 1.76 bits per heavy atom. The van der Waals surface area contributed by atoms with E-state index in [0.29, 0.717) is 15.7 Å². The molecule has 0 atom stereocenters. The molecule has 0 spiro atoms. The molecule has 84 valence electrons. The van der Waals surface area contributed by atoms with E-state index in [-0.39, 0.29) is 0 Å². The zero-order chi connectivity index (χ0) is 12.3. The van der Waals surface area contributed by atoms with E-state index in [4.69, 9.17) is 28.9 Å². The van der Waals surface area contributed by atoms with E-state index in [0.717, 1.165) is 11.1 Å². The molecule has 0 aliphatic rings. The van der Waals surface area contributed by atoms with E-state index in [2.05, 4.69) is 11.8 Å². The van der Waals surface area contributed by atoms with Gasteiger partial charge < -0.3 is 5.73 Å². The molecule has 0 aliphatic heterocycles. The molecule has 2 N–H and O–H groups in total. The van der Waals surface area contributed by atoms with Crippen LogP contribution in [-0.2, 0) is 0 Å². The Bertz CT molecular complexity index is 609. The molecule has 0 heterocycles. The Labute approximate surface area is 110 Å². The van der Waals surface area contributed by atoms with Gasteiger partial charge in [0.15, 0.2) is 0 Å². The van der Waals surface area contributed by atoms with Gasteiger partial charge in [-0.15, -0.1) is 0 Å². The minimum Gasteiger partial charge on any atom is -0.399 e. The van der Waals surface area contributed by atoms with Crippen LogP contribution in [0.3, 0.4) is 0 Å². The molecule has 0 bridgehead atoms. The van der Waals surface area contributed by atoms with Gasteiger partial charge in [0.25, 0.3) is 0 Å². The molecule has 3 heteroatoms. The van der Waals surface area contributed by atoms with Gasteiger partial charge in [-0.25, -0.2) is 0 Å². The van der Waals surface area contributed by atoms with Crippen molar-refractivity contribution in [3.8, 4) is 11.8 Å². The first-order valence-corrected chi connectivity index (χ1v) is 5.73. The molecule has 0 aliphatic carbocycles. The van der Waals surface area contributed by atoms with Crippen molar-refractivity contribution in [2.75, 3.05) is 5.73 Å². The van der Waals surface area contributed by atoms with Gasteiger partial charge in [0.1, 0.15) is 0 Å². The SMILES string of the molecule is Nc1cccc(C#Cc2ccc(Cl)cc2Cl)c1. The second-order valence-corrected chi connectivity index (χ2v) is 4.34. The molecule has 1 nitrogen and oxygen atoms in total. The summed E-state index contributed by atoms with van der Waals surface area (Å²) in [6.45, 7) is 0. The summed E-state index contributed by atoms with van der Waals surface area (Å²) >= 11 is 11.8. The Morgan fingerprint density at radius 3 is 2.47 bits per heavy atom. The zero-order valence-corrected chi connectivity index (χ0v) is 10.4. The van der Waals surface area contributed by atoms with Crippen LogP contribution in [0.5, 0.6) is 0 Å². The van der Waals surface area contributed by atoms with Crippen molar-refractivity contribution in [3.63, 3.8) is 0 Å². The maximum Gasteiger partial charge on any atom is 0.0577 e. The maximum absolute atomic E-state index is 6.02. The van der Waals surface area contributed by atoms with Crippen molar-refractivity contribution in [1.29, 1.82) is 0 Å². The van der Waals surface area contributed by atoms with E-state index in [1.165, 1.54) is 0 Å². The Morgan fingerprint density at radius 1 is 0.941 bits per heavy atom. The van der Waals surface area contributed by atoms with Crippen LogP contribution in [0.1, 0.15) is 11.1 Å². The van der Waals surface area contributed by atoms with E-state index in [1.54, 1.807) is 18.2 Å². The summed E-state index contributed by atoms with van der Waals surface area (Å²) in [6, 6.07) is 12.6. The highest BCUT2D eigenvalue weighted by Gasteiger charge is 1.97. The second-order valence-electron chi connectivity index (χ2n) is 3.50. The molecule has 0 saturated carbocycles. The van der Waals surface area contributed by atoms with Crippen LogP contribution < -0.4 is 5.73 Å². The standard InChI is InChI=1S/C14H9Cl2N/c15-12-7-6-11(14(16)9-12)5-4-10-2-1-3-13(17)8-10/h1-3,6-9H,17H2. The molecule has 0 saturated heterocycles. The first kappa shape index (κ1) is 11.9. The summed E-state index contributed by atoms with van der Waals surface area (Å²) in [7, 11) is 0. The van der Waals surface area contributed by atoms with Gasteiger partial charge in [0, 0.05) is 21.8 Å². The molecule has 2 rings (SSSR count). The van der Waals surface area contributed by atoms with Crippen molar-refractivity contribution in [3.05, 3.63) is 63.6 Å². The van der Waals surface area contributed by atoms with Crippen molar-refractivity contribution >= 4 is 28.9 Å². The largest absolute Gasteiger partial charge is 0.399 e. The monoisotopic (exact) mass is 261 g/mol. The third-order valence-electron chi connectivity index (χ3n) is 2.16. The molecule has 0 aromatic heterocycles. The smallest absolute Gasteiger partial charge is 0.0577 e. The number of benzene rings is 2. The van der Waals surface area contributed by atoms with Crippen LogP contribution in [0.2, 0.25) is 10.0 Å². The highest BCUT2D eigenvalue weighted by atomic mass is 35.5. The minimum absolute atomic E-state index is 0.550. The quantitative estimate of drug-likeness (QED) is 0.564. The summed E-state index contributed by atoms with van der Waals surface area (Å²) in [4.78, 5) is 0. The van der Waals surface area contributed by atoms with Crippen molar-refractivity contribution < 1.29 is 0 Å². The van der Waals surface area contributed by atoms with Gasteiger partial charge in [-0.05, 0) is 36.4 Å². The highest BCUT2D eigenvalue weighted by molar-refractivity contribution is 6.35. The maximum atomic E-state index is 6.02. The molecule has 0 amide bonds. The zero-order valence-electron chi connectivity index (χ0n) is 8.87. The lowest BCUT2D eigenvalue weighted by Crippen LogP contribution is -1.84. The highest BCUT2D eigenvalue weighted by Crippen LogP contribution is 2.20. The van der Waals surface area contributed by atoms with Gasteiger partial charge in [0.05, 0.1) is 5.02 Å². The van der Waals surface area contributed by atoms with Gasteiger partial charge in [0.2, 0.25) is 0 Å². The molecular formula is C14H9Cl2N. The number of rotatable bonds is 0. The van der Waals surface area contributed by atoms with Crippen LogP contribution in [0.4, 0.5) is 5.69 Å². The molecule has 2 aromatic carbocycles. The number of nitrogens with two attached hydrogens (primary N) is 1. The normalized spacial score (nSPS) is 9.53. The summed E-state index contributed by atoms with van der Waals surface area (Å²) in [5, 5.41) is 1.15. The number of anilines is 1. The van der Waals surface area contributed by atoms with Crippen molar-refractivity contribution in [2.45, 2.75) is 0 Å². The van der Waals surface area contributed by atoms with E-state index < -0.39 is 0 Å². The van der Waals surface area contributed by atoms with Crippen LogP contribution in [0.15, 0.2) is 42.5 Å². The lowest BCUT2D eigenvalue weighted by atomic mass is 10.1. The molecule has 0 radical (unpaired) electrons. The van der Waals surface area contributed by atoms with E-state index >= 15 is 0 Å². The topological polar surface area (TPSA) is 26.0 Å². The van der Waals surface area contributed by atoms with Gasteiger partial charge in [-0.3, -0.25) is 0 Å². The molecular weight excluding hydrogens is 253 g/mol. The fourth-order valence-corrected chi connectivity index (χ4v) is 1.80. The van der Waals surface area contributed by atoms with Crippen LogP contribution >= 0.6 is 23.2 Å². The first-order chi connectivity index (χ1) is 8.15. The fourth-order valence-electron chi connectivity index (χ4n) is 1.35. The van der Waals surface area contributed by atoms with E-state index in [1.807, 2.05) is 24.3 Å². The van der Waals surface area contributed by atoms with Crippen molar-refractivity contribution in [2.24, 2.45) is 0 Å². The first-order valence-electron chi connectivity index (χ1n) is 4.98. The summed E-state index contributed by atoms with van der Waals surface area (Å²) in [5.41, 5.74) is 7.97. The van der Waals surface area contributed by atoms with Crippen LogP contribution in [0, 0.1) is 11.8 Å². The Hall–Kier alpha value is -1.62. The Kier molecular flexibility index (Phi) is 3.58. The average molecular weight is 262 g/mol. The molecule has 2 aromatic rings. The molecule has 0 unspecified atom stereocenters. The van der Waals surface area contributed by atoms with Crippen LogP contribution in [-0.4, -0.2) is 0 Å². The number of hydrogen-bond donors (Lipinski definition) is 1. The Balaban J connectivity index is 2.33. The second kappa shape index (κ2) is 5.14. The number of hydrogen-bond acceptors (Lipinski definition) is 1. The lowest BCUT2D eigenvalue weighted by Gasteiger charge is -1.96. The predicted molar refractivity (Wildman–Crippen MR) is 73.3 cm³/mol. The summed E-state index contributed by atoms with van der Waals surface area (Å²) in [6.07, 6.45) is 0.